The van der Waals surface area contributed by atoms with Crippen LogP contribution in [0.5, 0.6) is 11.5 Å². The number of nitro groups is 1. The van der Waals surface area contributed by atoms with E-state index in [1.807, 2.05) is 0 Å². The predicted octanol–water partition coefficient (Wildman–Crippen LogP) is 6.24. The van der Waals surface area contributed by atoms with Crippen molar-refractivity contribution in [3.63, 3.8) is 0 Å². The number of hydrogen-bond acceptors (Lipinski definition) is 3. The second-order valence-corrected chi connectivity index (χ2v) is 5.79. The second kappa shape index (κ2) is 6.83. The molecule has 21 heavy (non-hydrogen) atoms. The van der Waals surface area contributed by atoms with Gasteiger partial charge in [0.15, 0.2) is 0 Å². The van der Waals surface area contributed by atoms with Gasteiger partial charge in [-0.05, 0) is 18.2 Å². The maximum Gasteiger partial charge on any atom is 0.313 e. The fourth-order valence-corrected chi connectivity index (χ4v) is 2.56. The summed E-state index contributed by atoms with van der Waals surface area (Å²) in [6, 6.07) is 7.43. The van der Waals surface area contributed by atoms with Crippen LogP contribution < -0.4 is 4.74 Å². The van der Waals surface area contributed by atoms with Crippen LogP contribution in [0.25, 0.3) is 0 Å². The second-order valence-electron chi connectivity index (χ2n) is 3.98. The molecule has 2 rings (SSSR count). The van der Waals surface area contributed by atoms with Crippen LogP contribution in [0, 0.1) is 10.1 Å². The standard InChI is InChI=1S/C13H7BrCl3NO3/c14-6-7-3-8(15)1-2-12(7)21-13-5-10(17)9(16)4-11(13)18(19)20/h1-5H,6H2. The lowest BCUT2D eigenvalue weighted by atomic mass is 10.2. The third-order valence-electron chi connectivity index (χ3n) is 2.58. The molecule has 4 nitrogen and oxygen atoms in total. The normalized spacial score (nSPS) is 10.5. The lowest BCUT2D eigenvalue weighted by Gasteiger charge is -2.11. The monoisotopic (exact) mass is 409 g/mol. The summed E-state index contributed by atoms with van der Waals surface area (Å²) >= 11 is 20.9. The average molecular weight is 411 g/mol. The van der Waals surface area contributed by atoms with Crippen molar-refractivity contribution in [1.29, 1.82) is 0 Å². The highest BCUT2D eigenvalue weighted by Crippen LogP contribution is 2.39. The summed E-state index contributed by atoms with van der Waals surface area (Å²) in [6.45, 7) is 0. The summed E-state index contributed by atoms with van der Waals surface area (Å²) in [5, 5.41) is 12.4. The molecule has 0 radical (unpaired) electrons. The van der Waals surface area contributed by atoms with E-state index in [-0.39, 0.29) is 21.5 Å². The molecule has 8 heteroatoms. The van der Waals surface area contributed by atoms with Crippen molar-refractivity contribution >= 4 is 56.4 Å². The molecule has 0 saturated heterocycles. The van der Waals surface area contributed by atoms with Crippen molar-refractivity contribution in [2.75, 3.05) is 0 Å². The Morgan fingerprint density at radius 3 is 2.38 bits per heavy atom. The van der Waals surface area contributed by atoms with Crippen molar-refractivity contribution in [3.05, 3.63) is 61.1 Å². The van der Waals surface area contributed by atoms with Gasteiger partial charge < -0.3 is 4.74 Å². The number of rotatable bonds is 4. The van der Waals surface area contributed by atoms with Gasteiger partial charge in [-0.3, -0.25) is 10.1 Å². The summed E-state index contributed by atoms with van der Waals surface area (Å²) in [4.78, 5) is 10.5. The first-order valence-corrected chi connectivity index (χ1v) is 7.83. The van der Waals surface area contributed by atoms with E-state index in [9.17, 15) is 10.1 Å². The number of benzene rings is 2. The molecule has 0 amide bonds. The van der Waals surface area contributed by atoms with Crippen molar-refractivity contribution in [1.82, 2.24) is 0 Å². The SMILES string of the molecule is O=[N+]([O-])c1cc(Cl)c(Cl)cc1Oc1ccc(Cl)cc1CBr. The van der Waals surface area contributed by atoms with E-state index < -0.39 is 4.92 Å². The first kappa shape index (κ1) is 16.4. The molecule has 2 aromatic carbocycles. The summed E-state index contributed by atoms with van der Waals surface area (Å²) in [6.07, 6.45) is 0. The molecule has 0 spiro atoms. The zero-order valence-corrected chi connectivity index (χ0v) is 14.1. The first-order chi connectivity index (χ1) is 9.92. The molecule has 0 aromatic heterocycles. The van der Waals surface area contributed by atoms with E-state index >= 15 is 0 Å². The molecule has 0 unspecified atom stereocenters. The third-order valence-corrected chi connectivity index (χ3v) is 4.15. The Labute approximate surface area is 143 Å². The molecule has 110 valence electrons. The smallest absolute Gasteiger partial charge is 0.313 e. The predicted molar refractivity (Wildman–Crippen MR) is 87.3 cm³/mol. The Morgan fingerprint density at radius 1 is 1.10 bits per heavy atom. The zero-order chi connectivity index (χ0) is 15.6. The highest BCUT2D eigenvalue weighted by Gasteiger charge is 2.20. The summed E-state index contributed by atoms with van der Waals surface area (Å²) in [5.74, 6) is 0.455. The molecule has 0 aliphatic carbocycles. The molecular formula is C13H7BrCl3NO3. The molecule has 0 aliphatic heterocycles. The Bertz CT molecular complexity index is 709. The zero-order valence-electron chi connectivity index (χ0n) is 10.3. The average Bonchev–Trinajstić information content (AvgIpc) is 2.44. The fraction of sp³-hybridized carbons (Fsp3) is 0.0769. The number of ether oxygens (including phenoxy) is 1. The topological polar surface area (TPSA) is 52.4 Å². The van der Waals surface area contributed by atoms with Gasteiger partial charge in [-0.2, -0.15) is 0 Å². The van der Waals surface area contributed by atoms with Crippen LogP contribution in [0.3, 0.4) is 0 Å². The molecule has 0 saturated carbocycles. The van der Waals surface area contributed by atoms with E-state index in [0.29, 0.717) is 16.1 Å². The fourth-order valence-electron chi connectivity index (χ4n) is 1.61. The Balaban J connectivity index is 2.48. The van der Waals surface area contributed by atoms with Crippen LogP contribution in [0.1, 0.15) is 5.56 Å². The molecule has 2 aromatic rings. The maximum atomic E-state index is 11.1. The van der Waals surface area contributed by atoms with Gasteiger partial charge in [0.25, 0.3) is 0 Å². The Hall–Kier alpha value is -1.01. The van der Waals surface area contributed by atoms with Crippen LogP contribution in [0.2, 0.25) is 15.1 Å². The number of nitro benzene ring substituents is 1. The van der Waals surface area contributed by atoms with Crippen LogP contribution in [0.4, 0.5) is 5.69 Å². The van der Waals surface area contributed by atoms with Gasteiger partial charge in [-0.1, -0.05) is 50.7 Å². The van der Waals surface area contributed by atoms with Gasteiger partial charge in [0.1, 0.15) is 5.75 Å². The first-order valence-electron chi connectivity index (χ1n) is 5.58. The van der Waals surface area contributed by atoms with Crippen molar-refractivity contribution in [2.45, 2.75) is 5.33 Å². The van der Waals surface area contributed by atoms with Gasteiger partial charge in [0.2, 0.25) is 5.75 Å². The van der Waals surface area contributed by atoms with Gasteiger partial charge in [-0.25, -0.2) is 0 Å². The maximum absolute atomic E-state index is 11.1. The molecular weight excluding hydrogens is 404 g/mol. The van der Waals surface area contributed by atoms with Gasteiger partial charge in [0.05, 0.1) is 15.0 Å². The number of hydrogen-bond donors (Lipinski definition) is 0. The van der Waals surface area contributed by atoms with Gasteiger partial charge in [-0.15, -0.1) is 0 Å². The lowest BCUT2D eigenvalue weighted by Crippen LogP contribution is -1.96. The molecule has 0 aliphatic rings. The van der Waals surface area contributed by atoms with Crippen LogP contribution in [-0.4, -0.2) is 4.92 Å². The lowest BCUT2D eigenvalue weighted by molar-refractivity contribution is -0.385. The minimum atomic E-state index is -0.582. The third kappa shape index (κ3) is 3.80. The van der Waals surface area contributed by atoms with Crippen LogP contribution in [0.15, 0.2) is 30.3 Å². The van der Waals surface area contributed by atoms with Crippen molar-refractivity contribution in [3.8, 4) is 11.5 Å². The Kier molecular flexibility index (Phi) is 5.32. The largest absolute Gasteiger partial charge is 0.450 e. The molecule has 0 N–H and O–H groups in total. The highest BCUT2D eigenvalue weighted by molar-refractivity contribution is 9.08. The van der Waals surface area contributed by atoms with E-state index in [2.05, 4.69) is 15.9 Å². The summed E-state index contributed by atoms with van der Waals surface area (Å²) < 4.78 is 5.61. The van der Waals surface area contributed by atoms with Crippen molar-refractivity contribution < 1.29 is 9.66 Å². The summed E-state index contributed by atoms with van der Waals surface area (Å²) in [5.41, 5.74) is 0.489. The van der Waals surface area contributed by atoms with E-state index in [1.54, 1.807) is 18.2 Å². The number of halogens is 4. The summed E-state index contributed by atoms with van der Waals surface area (Å²) in [7, 11) is 0. The molecule has 0 fully saturated rings. The van der Waals surface area contributed by atoms with Gasteiger partial charge >= 0.3 is 5.69 Å². The van der Waals surface area contributed by atoms with E-state index in [0.717, 1.165) is 11.6 Å². The number of nitrogens with zero attached hydrogens (tertiary/aromatic N) is 1. The van der Waals surface area contributed by atoms with E-state index in [1.165, 1.54) is 6.07 Å². The molecule has 0 atom stereocenters. The van der Waals surface area contributed by atoms with Crippen LogP contribution >= 0.6 is 50.7 Å². The van der Waals surface area contributed by atoms with Gasteiger partial charge in [0, 0.05) is 28.0 Å². The molecule has 0 heterocycles. The van der Waals surface area contributed by atoms with Crippen LogP contribution in [-0.2, 0) is 5.33 Å². The molecule has 0 bridgehead atoms. The minimum Gasteiger partial charge on any atom is -0.450 e. The number of alkyl halides is 1. The highest BCUT2D eigenvalue weighted by atomic mass is 79.9. The Morgan fingerprint density at radius 2 is 1.76 bits per heavy atom. The quantitative estimate of drug-likeness (QED) is 0.340. The minimum absolute atomic E-state index is 0.0129. The van der Waals surface area contributed by atoms with Crippen molar-refractivity contribution in [2.24, 2.45) is 0 Å². The van der Waals surface area contributed by atoms with E-state index in [4.69, 9.17) is 39.5 Å².